The van der Waals surface area contributed by atoms with Crippen molar-refractivity contribution >= 4 is 5.97 Å². The number of ether oxygens (including phenoxy) is 2. The number of methoxy groups -OCH3 is 1. The first kappa shape index (κ1) is 13.1. The van der Waals surface area contributed by atoms with Gasteiger partial charge in [-0.2, -0.15) is 0 Å². The largest absolute Gasteiger partial charge is 0.469 e. The van der Waals surface area contributed by atoms with Crippen molar-refractivity contribution in [3.05, 3.63) is 35.9 Å². The Morgan fingerprint density at radius 2 is 2.00 bits per heavy atom. The smallest absolute Gasteiger partial charge is 0.311 e. The molecule has 98 valence electrons. The molecule has 0 spiro atoms. The molecule has 18 heavy (non-hydrogen) atoms. The topological polar surface area (TPSA) is 35.5 Å². The monoisotopic (exact) mass is 248 g/mol. The lowest BCUT2D eigenvalue weighted by molar-refractivity contribution is -0.160. The van der Waals surface area contributed by atoms with Crippen LogP contribution in [0.25, 0.3) is 0 Å². The van der Waals surface area contributed by atoms with Crippen molar-refractivity contribution in [3.8, 4) is 0 Å². The van der Waals surface area contributed by atoms with Crippen LogP contribution in [0.5, 0.6) is 0 Å². The fourth-order valence-electron chi connectivity index (χ4n) is 2.41. The third-order valence-electron chi connectivity index (χ3n) is 3.77. The van der Waals surface area contributed by atoms with Crippen molar-refractivity contribution in [1.29, 1.82) is 0 Å². The van der Waals surface area contributed by atoms with E-state index in [4.69, 9.17) is 9.47 Å². The van der Waals surface area contributed by atoms with E-state index in [2.05, 4.69) is 0 Å². The van der Waals surface area contributed by atoms with Gasteiger partial charge in [0.2, 0.25) is 0 Å². The van der Waals surface area contributed by atoms with E-state index in [0.717, 1.165) is 25.7 Å². The minimum Gasteiger partial charge on any atom is -0.469 e. The van der Waals surface area contributed by atoms with Crippen LogP contribution >= 0.6 is 0 Å². The standard InChI is InChI=1S/C15H20O3/c1-17-14(16)15(8-5-9-15)10-11-18-12-13-6-3-2-4-7-13/h2-4,6-7H,5,8-12H2,1H3. The molecular formula is C15H20O3. The predicted octanol–water partition coefficient (Wildman–Crippen LogP) is 2.94. The summed E-state index contributed by atoms with van der Waals surface area (Å²) >= 11 is 0. The van der Waals surface area contributed by atoms with E-state index in [0.29, 0.717) is 13.2 Å². The van der Waals surface area contributed by atoms with E-state index in [1.165, 1.54) is 12.7 Å². The number of rotatable bonds is 6. The summed E-state index contributed by atoms with van der Waals surface area (Å²) in [6.45, 7) is 1.22. The van der Waals surface area contributed by atoms with Crippen LogP contribution in [0.2, 0.25) is 0 Å². The van der Waals surface area contributed by atoms with Crippen LogP contribution in [0.3, 0.4) is 0 Å². The van der Waals surface area contributed by atoms with Gasteiger partial charge in [-0.1, -0.05) is 36.8 Å². The molecule has 0 bridgehead atoms. The van der Waals surface area contributed by atoms with Crippen molar-refractivity contribution in [1.82, 2.24) is 0 Å². The molecule has 0 radical (unpaired) electrons. The maximum absolute atomic E-state index is 11.7. The van der Waals surface area contributed by atoms with Gasteiger partial charge in [-0.15, -0.1) is 0 Å². The minimum absolute atomic E-state index is 0.0722. The van der Waals surface area contributed by atoms with Gasteiger partial charge in [0, 0.05) is 6.61 Å². The Kier molecular flexibility index (Phi) is 4.37. The summed E-state index contributed by atoms with van der Waals surface area (Å²) in [4.78, 5) is 11.7. The molecule has 0 N–H and O–H groups in total. The maximum atomic E-state index is 11.7. The first-order valence-electron chi connectivity index (χ1n) is 6.47. The summed E-state index contributed by atoms with van der Waals surface area (Å²) in [6.07, 6.45) is 3.77. The average Bonchev–Trinajstić information content (AvgIpc) is 2.37. The number of carbonyl (C=O) groups is 1. The van der Waals surface area contributed by atoms with Gasteiger partial charge in [-0.05, 0) is 24.8 Å². The second kappa shape index (κ2) is 6.01. The van der Waals surface area contributed by atoms with Crippen LogP contribution in [-0.2, 0) is 20.9 Å². The van der Waals surface area contributed by atoms with Gasteiger partial charge in [-0.25, -0.2) is 0 Å². The minimum atomic E-state index is -0.258. The summed E-state index contributed by atoms with van der Waals surface area (Å²) in [5, 5.41) is 0. The lowest BCUT2D eigenvalue weighted by atomic mass is 9.67. The number of carbonyl (C=O) groups excluding carboxylic acids is 1. The molecule has 1 fully saturated rings. The molecule has 1 aromatic carbocycles. The van der Waals surface area contributed by atoms with Gasteiger partial charge in [0.1, 0.15) is 0 Å². The van der Waals surface area contributed by atoms with E-state index in [1.54, 1.807) is 0 Å². The molecule has 0 heterocycles. The zero-order valence-electron chi connectivity index (χ0n) is 10.9. The van der Waals surface area contributed by atoms with E-state index in [-0.39, 0.29) is 11.4 Å². The normalized spacial score (nSPS) is 16.9. The molecule has 0 amide bonds. The van der Waals surface area contributed by atoms with E-state index in [9.17, 15) is 4.79 Å². The van der Waals surface area contributed by atoms with Gasteiger partial charge in [0.15, 0.2) is 0 Å². The molecule has 0 saturated heterocycles. The quantitative estimate of drug-likeness (QED) is 0.573. The van der Waals surface area contributed by atoms with Crippen LogP contribution in [0.15, 0.2) is 30.3 Å². The van der Waals surface area contributed by atoms with Crippen molar-refractivity contribution in [2.24, 2.45) is 5.41 Å². The van der Waals surface area contributed by atoms with Crippen LogP contribution < -0.4 is 0 Å². The fourth-order valence-corrected chi connectivity index (χ4v) is 2.41. The Morgan fingerprint density at radius 3 is 2.56 bits per heavy atom. The number of esters is 1. The number of benzene rings is 1. The van der Waals surface area contributed by atoms with Gasteiger partial charge < -0.3 is 9.47 Å². The van der Waals surface area contributed by atoms with Crippen molar-refractivity contribution < 1.29 is 14.3 Å². The first-order chi connectivity index (χ1) is 8.77. The molecule has 0 atom stereocenters. The molecule has 1 aliphatic rings. The molecule has 0 aromatic heterocycles. The van der Waals surface area contributed by atoms with Gasteiger partial charge in [0.25, 0.3) is 0 Å². The number of hydrogen-bond donors (Lipinski definition) is 0. The Balaban J connectivity index is 1.73. The summed E-state index contributed by atoms with van der Waals surface area (Å²) in [5.74, 6) is -0.0722. The fraction of sp³-hybridized carbons (Fsp3) is 0.533. The third kappa shape index (κ3) is 2.91. The summed E-state index contributed by atoms with van der Waals surface area (Å²) in [5.41, 5.74) is 0.907. The lowest BCUT2D eigenvalue weighted by Gasteiger charge is -2.38. The zero-order chi connectivity index (χ0) is 12.8. The third-order valence-corrected chi connectivity index (χ3v) is 3.77. The van der Waals surface area contributed by atoms with Crippen LogP contribution in [0, 0.1) is 5.41 Å². The van der Waals surface area contributed by atoms with Gasteiger partial charge in [-0.3, -0.25) is 4.79 Å². The first-order valence-corrected chi connectivity index (χ1v) is 6.47. The summed E-state index contributed by atoms with van der Waals surface area (Å²) < 4.78 is 10.5. The molecule has 3 nitrogen and oxygen atoms in total. The van der Waals surface area contributed by atoms with Crippen molar-refractivity contribution in [3.63, 3.8) is 0 Å². The molecule has 1 aliphatic carbocycles. The Labute approximate surface area is 108 Å². The maximum Gasteiger partial charge on any atom is 0.311 e. The summed E-state index contributed by atoms with van der Waals surface area (Å²) in [7, 11) is 1.47. The molecule has 1 aromatic rings. The second-order valence-corrected chi connectivity index (χ2v) is 4.91. The molecule has 3 heteroatoms. The van der Waals surface area contributed by atoms with Gasteiger partial charge >= 0.3 is 5.97 Å². The SMILES string of the molecule is COC(=O)C1(CCOCc2ccccc2)CCC1. The van der Waals surface area contributed by atoms with E-state index < -0.39 is 0 Å². The second-order valence-electron chi connectivity index (χ2n) is 4.91. The molecule has 0 unspecified atom stereocenters. The predicted molar refractivity (Wildman–Crippen MR) is 69.0 cm³/mol. The zero-order valence-corrected chi connectivity index (χ0v) is 10.9. The average molecular weight is 248 g/mol. The van der Waals surface area contributed by atoms with Crippen molar-refractivity contribution in [2.45, 2.75) is 32.3 Å². The highest BCUT2D eigenvalue weighted by Gasteiger charge is 2.44. The van der Waals surface area contributed by atoms with Gasteiger partial charge in [0.05, 0.1) is 19.1 Å². The Hall–Kier alpha value is -1.35. The summed E-state index contributed by atoms with van der Waals surface area (Å²) in [6, 6.07) is 10.1. The number of hydrogen-bond acceptors (Lipinski definition) is 3. The molecule has 2 rings (SSSR count). The van der Waals surface area contributed by atoms with E-state index >= 15 is 0 Å². The Morgan fingerprint density at radius 1 is 1.28 bits per heavy atom. The van der Waals surface area contributed by atoms with Crippen LogP contribution in [0.1, 0.15) is 31.2 Å². The van der Waals surface area contributed by atoms with E-state index in [1.807, 2.05) is 30.3 Å². The highest BCUT2D eigenvalue weighted by molar-refractivity contribution is 5.77. The van der Waals surface area contributed by atoms with Crippen molar-refractivity contribution in [2.75, 3.05) is 13.7 Å². The highest BCUT2D eigenvalue weighted by Crippen LogP contribution is 2.44. The Bertz CT molecular complexity index is 382. The molecule has 0 aliphatic heterocycles. The van der Waals surface area contributed by atoms with Crippen LogP contribution in [-0.4, -0.2) is 19.7 Å². The lowest BCUT2D eigenvalue weighted by Crippen LogP contribution is -2.39. The molecular weight excluding hydrogens is 228 g/mol. The highest BCUT2D eigenvalue weighted by atomic mass is 16.5. The molecule has 1 saturated carbocycles. The van der Waals surface area contributed by atoms with Crippen LogP contribution in [0.4, 0.5) is 0 Å².